The van der Waals surface area contributed by atoms with E-state index < -0.39 is 0 Å². The minimum absolute atomic E-state index is 0.0000723. The van der Waals surface area contributed by atoms with E-state index >= 15 is 0 Å². The summed E-state index contributed by atoms with van der Waals surface area (Å²) in [4.78, 5) is 11.7. The van der Waals surface area contributed by atoms with Crippen molar-refractivity contribution in [2.75, 3.05) is 11.1 Å². The lowest BCUT2D eigenvalue weighted by Gasteiger charge is -2.12. The quantitative estimate of drug-likeness (QED) is 0.794. The Bertz CT molecular complexity index is 379. The highest BCUT2D eigenvalue weighted by atomic mass is 35.5. The largest absolute Gasteiger partial charge is 0.397 e. The van der Waals surface area contributed by atoms with Crippen LogP contribution in [0.25, 0.3) is 0 Å². The minimum Gasteiger partial charge on any atom is -0.397 e. The van der Waals surface area contributed by atoms with E-state index in [1.807, 2.05) is 6.92 Å². The Morgan fingerprint density at radius 1 is 1.56 bits per heavy atom. The predicted octanol–water partition coefficient (Wildman–Crippen LogP) is 3.30. The van der Waals surface area contributed by atoms with Gasteiger partial charge in [-0.15, -0.1) is 0 Å². The first-order chi connectivity index (χ1) is 7.54. The van der Waals surface area contributed by atoms with Crippen LogP contribution in [0.4, 0.5) is 11.4 Å². The lowest BCUT2D eigenvalue weighted by molar-refractivity contribution is -0.119. The average molecular weight is 241 g/mol. The molecule has 4 heteroatoms. The molecule has 0 fully saturated rings. The molecule has 3 nitrogen and oxygen atoms in total. The highest BCUT2D eigenvalue weighted by Crippen LogP contribution is 2.23. The molecule has 0 aliphatic carbocycles. The van der Waals surface area contributed by atoms with Crippen molar-refractivity contribution in [1.29, 1.82) is 0 Å². The van der Waals surface area contributed by atoms with Gasteiger partial charge in [-0.2, -0.15) is 0 Å². The van der Waals surface area contributed by atoms with Crippen LogP contribution in [0, 0.1) is 5.92 Å². The molecule has 0 aliphatic heterocycles. The molecule has 0 saturated heterocycles. The Hall–Kier alpha value is -1.22. The monoisotopic (exact) mass is 240 g/mol. The van der Waals surface area contributed by atoms with Crippen molar-refractivity contribution in [2.24, 2.45) is 5.92 Å². The molecule has 3 N–H and O–H groups in total. The number of halogens is 1. The Kier molecular flexibility index (Phi) is 4.62. The third-order valence-electron chi connectivity index (χ3n) is 2.44. The summed E-state index contributed by atoms with van der Waals surface area (Å²) in [5, 5.41) is 3.37. The Morgan fingerprint density at radius 2 is 2.25 bits per heavy atom. The van der Waals surface area contributed by atoms with Crippen molar-refractivity contribution < 1.29 is 4.79 Å². The number of nitrogens with one attached hydrogen (secondary N) is 1. The summed E-state index contributed by atoms with van der Waals surface area (Å²) < 4.78 is 0. The first-order valence-electron chi connectivity index (χ1n) is 5.40. The first-order valence-corrected chi connectivity index (χ1v) is 5.78. The average Bonchev–Trinajstić information content (AvgIpc) is 2.22. The number of rotatable bonds is 4. The van der Waals surface area contributed by atoms with E-state index in [4.69, 9.17) is 17.3 Å². The SMILES string of the molecule is CCC[C@@H](C)C(=O)Nc1ccc(Cl)cc1N. The summed E-state index contributed by atoms with van der Waals surface area (Å²) in [6.45, 7) is 3.96. The lowest BCUT2D eigenvalue weighted by Crippen LogP contribution is -2.20. The highest BCUT2D eigenvalue weighted by molar-refractivity contribution is 6.31. The molecule has 1 aromatic carbocycles. The molecule has 0 heterocycles. The number of amides is 1. The standard InChI is InChI=1S/C12H17ClN2O/c1-3-4-8(2)12(16)15-11-6-5-9(13)7-10(11)14/h5-8H,3-4,14H2,1-2H3,(H,15,16)/t8-/m1/s1. The van der Waals surface area contributed by atoms with E-state index in [1.165, 1.54) is 0 Å². The zero-order valence-electron chi connectivity index (χ0n) is 9.59. The molecule has 0 spiro atoms. The second kappa shape index (κ2) is 5.75. The van der Waals surface area contributed by atoms with E-state index in [2.05, 4.69) is 12.2 Å². The van der Waals surface area contributed by atoms with Gasteiger partial charge in [0.25, 0.3) is 0 Å². The maximum Gasteiger partial charge on any atom is 0.227 e. The fourth-order valence-electron chi connectivity index (χ4n) is 1.47. The maximum atomic E-state index is 11.7. The molecule has 0 bridgehead atoms. The minimum atomic E-state index is -0.00382. The van der Waals surface area contributed by atoms with Gasteiger partial charge in [-0.25, -0.2) is 0 Å². The lowest BCUT2D eigenvalue weighted by atomic mass is 10.1. The number of carbonyl (C=O) groups is 1. The fraction of sp³-hybridized carbons (Fsp3) is 0.417. The Balaban J connectivity index is 2.69. The molecule has 0 saturated carbocycles. The van der Waals surface area contributed by atoms with Gasteiger partial charge in [0.1, 0.15) is 0 Å². The number of carbonyl (C=O) groups excluding carboxylic acids is 1. The zero-order valence-corrected chi connectivity index (χ0v) is 10.3. The van der Waals surface area contributed by atoms with Gasteiger partial charge in [-0.1, -0.05) is 31.9 Å². The van der Waals surface area contributed by atoms with E-state index in [-0.39, 0.29) is 11.8 Å². The summed E-state index contributed by atoms with van der Waals surface area (Å²) in [7, 11) is 0. The molecular formula is C12H17ClN2O. The van der Waals surface area contributed by atoms with Crippen molar-refractivity contribution in [3.8, 4) is 0 Å². The van der Waals surface area contributed by atoms with Crippen LogP contribution in [-0.2, 0) is 4.79 Å². The normalized spacial score (nSPS) is 12.2. The van der Waals surface area contributed by atoms with Crippen molar-refractivity contribution >= 4 is 28.9 Å². The second-order valence-corrected chi connectivity index (χ2v) is 4.35. The van der Waals surface area contributed by atoms with Crippen molar-refractivity contribution in [1.82, 2.24) is 0 Å². The summed E-state index contributed by atoms with van der Waals surface area (Å²) in [5.74, 6) is -0.00375. The van der Waals surface area contributed by atoms with Crippen molar-refractivity contribution in [3.63, 3.8) is 0 Å². The molecule has 0 unspecified atom stereocenters. The summed E-state index contributed by atoms with van der Waals surface area (Å²) in [6, 6.07) is 5.05. The van der Waals surface area contributed by atoms with Gasteiger partial charge < -0.3 is 11.1 Å². The van der Waals surface area contributed by atoms with Crippen LogP contribution in [0.5, 0.6) is 0 Å². The van der Waals surface area contributed by atoms with Gasteiger partial charge >= 0.3 is 0 Å². The third-order valence-corrected chi connectivity index (χ3v) is 2.68. The molecule has 1 atom stereocenters. The van der Waals surface area contributed by atoms with Crippen LogP contribution in [0.1, 0.15) is 26.7 Å². The van der Waals surface area contributed by atoms with Gasteiger partial charge in [0.15, 0.2) is 0 Å². The van der Waals surface area contributed by atoms with E-state index in [0.717, 1.165) is 12.8 Å². The van der Waals surface area contributed by atoms with Crippen LogP contribution in [-0.4, -0.2) is 5.91 Å². The molecule has 0 aromatic heterocycles. The summed E-state index contributed by atoms with van der Waals surface area (Å²) >= 11 is 5.77. The smallest absolute Gasteiger partial charge is 0.227 e. The topological polar surface area (TPSA) is 55.1 Å². The predicted molar refractivity (Wildman–Crippen MR) is 68.6 cm³/mol. The number of hydrogen-bond acceptors (Lipinski definition) is 2. The molecule has 0 radical (unpaired) electrons. The van der Waals surface area contributed by atoms with Crippen LogP contribution in [0.3, 0.4) is 0 Å². The summed E-state index contributed by atoms with van der Waals surface area (Å²) in [5.41, 5.74) is 6.86. The summed E-state index contributed by atoms with van der Waals surface area (Å²) in [6.07, 6.45) is 1.87. The van der Waals surface area contributed by atoms with E-state index in [1.54, 1.807) is 18.2 Å². The second-order valence-electron chi connectivity index (χ2n) is 3.91. The van der Waals surface area contributed by atoms with Crippen LogP contribution >= 0.6 is 11.6 Å². The van der Waals surface area contributed by atoms with Gasteiger partial charge in [-0.3, -0.25) is 4.79 Å². The molecule has 0 aliphatic rings. The Morgan fingerprint density at radius 3 is 2.81 bits per heavy atom. The van der Waals surface area contributed by atoms with E-state index in [0.29, 0.717) is 16.4 Å². The number of benzene rings is 1. The van der Waals surface area contributed by atoms with Crippen LogP contribution in [0.15, 0.2) is 18.2 Å². The molecule has 1 amide bonds. The van der Waals surface area contributed by atoms with Crippen molar-refractivity contribution in [3.05, 3.63) is 23.2 Å². The molecular weight excluding hydrogens is 224 g/mol. The highest BCUT2D eigenvalue weighted by Gasteiger charge is 2.12. The van der Waals surface area contributed by atoms with Crippen LogP contribution < -0.4 is 11.1 Å². The maximum absolute atomic E-state index is 11.7. The molecule has 1 aromatic rings. The molecule has 88 valence electrons. The molecule has 1 rings (SSSR count). The number of nitrogen functional groups attached to an aromatic ring is 1. The third kappa shape index (κ3) is 3.42. The fourth-order valence-corrected chi connectivity index (χ4v) is 1.65. The van der Waals surface area contributed by atoms with Gasteiger partial charge in [-0.05, 0) is 24.6 Å². The van der Waals surface area contributed by atoms with Gasteiger partial charge in [0, 0.05) is 10.9 Å². The zero-order chi connectivity index (χ0) is 12.1. The van der Waals surface area contributed by atoms with Crippen LogP contribution in [0.2, 0.25) is 5.02 Å². The number of nitrogens with two attached hydrogens (primary N) is 1. The Labute approximate surface area is 101 Å². The van der Waals surface area contributed by atoms with Crippen molar-refractivity contribution in [2.45, 2.75) is 26.7 Å². The van der Waals surface area contributed by atoms with Gasteiger partial charge in [0.05, 0.1) is 11.4 Å². The number of anilines is 2. The van der Waals surface area contributed by atoms with Gasteiger partial charge in [0.2, 0.25) is 5.91 Å². The van der Waals surface area contributed by atoms with E-state index in [9.17, 15) is 4.79 Å². The molecule has 16 heavy (non-hydrogen) atoms. The first kappa shape index (κ1) is 12.8. The number of hydrogen-bond donors (Lipinski definition) is 2.